The molecule has 0 aliphatic carbocycles. The van der Waals surface area contributed by atoms with Crippen molar-refractivity contribution in [3.63, 3.8) is 0 Å². The van der Waals surface area contributed by atoms with E-state index in [1.165, 1.54) is 0 Å². The zero-order chi connectivity index (χ0) is 12.4. The summed E-state index contributed by atoms with van der Waals surface area (Å²) in [5.74, 6) is 0.217. The van der Waals surface area contributed by atoms with E-state index in [1.54, 1.807) is 12.1 Å². The molecule has 1 amide bonds. The number of nitrogens with two attached hydrogens (primary N) is 2. The van der Waals surface area contributed by atoms with Crippen LogP contribution in [0.2, 0.25) is 0 Å². The number of amides is 1. The fourth-order valence-corrected chi connectivity index (χ4v) is 2.45. The van der Waals surface area contributed by atoms with Gasteiger partial charge in [0.05, 0.1) is 0 Å². The fourth-order valence-electron chi connectivity index (χ4n) is 2.45. The Morgan fingerprint density at radius 2 is 1.94 bits per heavy atom. The molecule has 0 saturated carbocycles. The number of piperidine rings is 1. The molecule has 1 saturated heterocycles. The summed E-state index contributed by atoms with van der Waals surface area (Å²) in [7, 11) is 0. The quantitative estimate of drug-likeness (QED) is 0.799. The predicted octanol–water partition coefficient (Wildman–Crippen LogP) is 0.959. The first-order valence-electron chi connectivity index (χ1n) is 5.96. The predicted molar refractivity (Wildman–Crippen MR) is 68.9 cm³/mol. The Morgan fingerprint density at radius 3 is 2.47 bits per heavy atom. The average Bonchev–Trinajstić information content (AvgIpc) is 2.28. The minimum absolute atomic E-state index is 0.231. The highest BCUT2D eigenvalue weighted by molar-refractivity contribution is 5.93. The number of hydrogen-bond acceptors (Lipinski definition) is 3. The molecule has 17 heavy (non-hydrogen) atoms. The van der Waals surface area contributed by atoms with Crippen molar-refractivity contribution in [1.82, 2.24) is 0 Å². The summed E-state index contributed by atoms with van der Waals surface area (Å²) in [6.07, 6.45) is 1.08. The van der Waals surface area contributed by atoms with Gasteiger partial charge in [0.25, 0.3) is 0 Å². The molecule has 2 rings (SSSR count). The van der Waals surface area contributed by atoms with Gasteiger partial charge in [-0.05, 0) is 36.6 Å². The van der Waals surface area contributed by atoms with Crippen LogP contribution in [-0.4, -0.2) is 25.0 Å². The molecule has 2 atom stereocenters. The number of carbonyl (C=O) groups excluding carboxylic acids is 1. The molecule has 1 aromatic carbocycles. The van der Waals surface area contributed by atoms with E-state index in [0.29, 0.717) is 11.5 Å². The first-order valence-corrected chi connectivity index (χ1v) is 5.96. The number of anilines is 1. The van der Waals surface area contributed by atoms with Crippen LogP contribution in [0.5, 0.6) is 0 Å². The summed E-state index contributed by atoms with van der Waals surface area (Å²) in [4.78, 5) is 13.2. The summed E-state index contributed by atoms with van der Waals surface area (Å²) in [6.45, 7) is 4.10. The Kier molecular flexibility index (Phi) is 3.33. The van der Waals surface area contributed by atoms with Crippen LogP contribution in [0.1, 0.15) is 23.7 Å². The third-order valence-electron chi connectivity index (χ3n) is 3.21. The second kappa shape index (κ2) is 4.75. The van der Waals surface area contributed by atoms with Crippen molar-refractivity contribution in [3.05, 3.63) is 29.8 Å². The van der Waals surface area contributed by atoms with Crippen molar-refractivity contribution < 1.29 is 4.79 Å². The molecule has 0 spiro atoms. The largest absolute Gasteiger partial charge is 0.370 e. The SMILES string of the molecule is CC1CC(N)CN(c2ccc(C(N)=O)cc2)C1. The number of benzene rings is 1. The van der Waals surface area contributed by atoms with Crippen LogP contribution in [0.4, 0.5) is 5.69 Å². The average molecular weight is 233 g/mol. The van der Waals surface area contributed by atoms with Crippen molar-refractivity contribution in [2.45, 2.75) is 19.4 Å². The molecule has 1 aliphatic heterocycles. The molecule has 1 aliphatic rings. The third-order valence-corrected chi connectivity index (χ3v) is 3.21. The Morgan fingerprint density at radius 1 is 1.29 bits per heavy atom. The van der Waals surface area contributed by atoms with Gasteiger partial charge in [-0.2, -0.15) is 0 Å². The van der Waals surface area contributed by atoms with E-state index in [0.717, 1.165) is 25.2 Å². The van der Waals surface area contributed by atoms with Crippen LogP contribution >= 0.6 is 0 Å². The zero-order valence-corrected chi connectivity index (χ0v) is 10.1. The van der Waals surface area contributed by atoms with Crippen molar-refractivity contribution in [1.29, 1.82) is 0 Å². The van der Waals surface area contributed by atoms with Gasteiger partial charge in [0.1, 0.15) is 0 Å². The Hall–Kier alpha value is -1.55. The van der Waals surface area contributed by atoms with Crippen LogP contribution in [0.3, 0.4) is 0 Å². The Labute approximate surface area is 102 Å². The summed E-state index contributed by atoms with van der Waals surface area (Å²) in [5.41, 5.74) is 12.9. The lowest BCUT2D eigenvalue weighted by atomic mass is 9.96. The van der Waals surface area contributed by atoms with Crippen molar-refractivity contribution in [2.75, 3.05) is 18.0 Å². The number of rotatable bonds is 2. The van der Waals surface area contributed by atoms with Gasteiger partial charge >= 0.3 is 0 Å². The lowest BCUT2D eigenvalue weighted by molar-refractivity contribution is 0.100. The molecule has 4 heteroatoms. The number of hydrogen-bond donors (Lipinski definition) is 2. The van der Waals surface area contributed by atoms with Crippen LogP contribution in [-0.2, 0) is 0 Å². The molecule has 1 fully saturated rings. The topological polar surface area (TPSA) is 72.3 Å². The molecule has 0 radical (unpaired) electrons. The number of carbonyl (C=O) groups is 1. The van der Waals surface area contributed by atoms with Crippen LogP contribution in [0, 0.1) is 5.92 Å². The summed E-state index contributed by atoms with van der Waals surface area (Å²) in [6, 6.07) is 7.63. The molecule has 92 valence electrons. The molecule has 0 bridgehead atoms. The first kappa shape index (κ1) is 11.9. The maximum atomic E-state index is 11.0. The highest BCUT2D eigenvalue weighted by atomic mass is 16.1. The van der Waals surface area contributed by atoms with Crippen LogP contribution < -0.4 is 16.4 Å². The van der Waals surface area contributed by atoms with Gasteiger partial charge in [-0.15, -0.1) is 0 Å². The maximum absolute atomic E-state index is 11.0. The molecule has 2 unspecified atom stereocenters. The van der Waals surface area contributed by atoms with E-state index in [-0.39, 0.29) is 11.9 Å². The third kappa shape index (κ3) is 2.77. The Bertz CT molecular complexity index is 392. The highest BCUT2D eigenvalue weighted by Gasteiger charge is 2.22. The normalized spacial score (nSPS) is 24.7. The second-order valence-electron chi connectivity index (χ2n) is 4.92. The van der Waals surface area contributed by atoms with Gasteiger partial charge in [0.2, 0.25) is 5.91 Å². The molecule has 4 N–H and O–H groups in total. The molecular formula is C13H19N3O. The highest BCUT2D eigenvalue weighted by Crippen LogP contribution is 2.22. The lowest BCUT2D eigenvalue weighted by Gasteiger charge is -2.36. The van der Waals surface area contributed by atoms with Gasteiger partial charge in [-0.3, -0.25) is 4.79 Å². The standard InChI is InChI=1S/C13H19N3O/c1-9-6-11(14)8-16(7-9)12-4-2-10(3-5-12)13(15)17/h2-5,9,11H,6-8,14H2,1H3,(H2,15,17). The van der Waals surface area contributed by atoms with Gasteiger partial charge in [0.15, 0.2) is 0 Å². The van der Waals surface area contributed by atoms with E-state index >= 15 is 0 Å². The minimum Gasteiger partial charge on any atom is -0.370 e. The van der Waals surface area contributed by atoms with E-state index in [1.807, 2.05) is 12.1 Å². The molecule has 0 aromatic heterocycles. The van der Waals surface area contributed by atoms with Gasteiger partial charge in [-0.25, -0.2) is 0 Å². The lowest BCUT2D eigenvalue weighted by Crippen LogP contribution is -2.46. The van der Waals surface area contributed by atoms with Gasteiger partial charge < -0.3 is 16.4 Å². The van der Waals surface area contributed by atoms with Crippen LogP contribution in [0.25, 0.3) is 0 Å². The number of primary amides is 1. The van der Waals surface area contributed by atoms with Crippen molar-refractivity contribution >= 4 is 11.6 Å². The molecule has 1 aromatic rings. The Balaban J connectivity index is 2.14. The van der Waals surface area contributed by atoms with Crippen molar-refractivity contribution in [3.8, 4) is 0 Å². The van der Waals surface area contributed by atoms with E-state index in [2.05, 4.69) is 11.8 Å². The van der Waals surface area contributed by atoms with Crippen LogP contribution in [0.15, 0.2) is 24.3 Å². The molecule has 4 nitrogen and oxygen atoms in total. The zero-order valence-electron chi connectivity index (χ0n) is 10.1. The summed E-state index contributed by atoms with van der Waals surface area (Å²) in [5, 5.41) is 0. The molecule has 1 heterocycles. The minimum atomic E-state index is -0.389. The number of nitrogens with zero attached hydrogens (tertiary/aromatic N) is 1. The maximum Gasteiger partial charge on any atom is 0.248 e. The van der Waals surface area contributed by atoms with Crippen molar-refractivity contribution in [2.24, 2.45) is 17.4 Å². The second-order valence-corrected chi connectivity index (χ2v) is 4.92. The van der Waals surface area contributed by atoms with Gasteiger partial charge in [-0.1, -0.05) is 6.92 Å². The fraction of sp³-hybridized carbons (Fsp3) is 0.462. The first-order chi connectivity index (χ1) is 8.06. The van der Waals surface area contributed by atoms with E-state index < -0.39 is 0 Å². The summed E-state index contributed by atoms with van der Waals surface area (Å²) < 4.78 is 0. The summed E-state index contributed by atoms with van der Waals surface area (Å²) >= 11 is 0. The smallest absolute Gasteiger partial charge is 0.248 e. The van der Waals surface area contributed by atoms with E-state index in [9.17, 15) is 4.79 Å². The van der Waals surface area contributed by atoms with Gasteiger partial charge in [0, 0.05) is 30.4 Å². The molecular weight excluding hydrogens is 214 g/mol. The van der Waals surface area contributed by atoms with E-state index in [4.69, 9.17) is 11.5 Å². The monoisotopic (exact) mass is 233 g/mol.